The lowest BCUT2D eigenvalue weighted by Gasteiger charge is -2.03. The molecule has 0 aliphatic heterocycles. The second-order valence-corrected chi connectivity index (χ2v) is 3.45. The fourth-order valence-corrected chi connectivity index (χ4v) is 1.50. The molecule has 1 aromatic rings. The highest BCUT2D eigenvalue weighted by atomic mass is 35.5. The van der Waals surface area contributed by atoms with Gasteiger partial charge in [-0.05, 0) is 17.7 Å². The van der Waals surface area contributed by atoms with E-state index in [1.165, 1.54) is 0 Å². The third-order valence-electron chi connectivity index (χ3n) is 1.96. The summed E-state index contributed by atoms with van der Waals surface area (Å²) in [6.45, 7) is 0. The summed E-state index contributed by atoms with van der Waals surface area (Å²) in [4.78, 5) is 8.06. The standard InChI is InChI=1S/C11H9ClN2/c12-10-4-2-1-3-9(7-10)11-5-6-13-8-14-11/h1-6,8H,7H2. The normalized spacial score (nSPS) is 15.8. The van der Waals surface area contributed by atoms with Gasteiger partial charge in [0.25, 0.3) is 0 Å². The van der Waals surface area contributed by atoms with Crippen LogP contribution in [0.4, 0.5) is 0 Å². The Bertz CT molecular complexity index is 405. The first-order chi connectivity index (χ1) is 6.86. The van der Waals surface area contributed by atoms with Crippen molar-refractivity contribution < 1.29 is 0 Å². The van der Waals surface area contributed by atoms with Crippen LogP contribution in [0.25, 0.3) is 5.57 Å². The molecule has 1 heterocycles. The number of hydrogen-bond donors (Lipinski definition) is 0. The van der Waals surface area contributed by atoms with Crippen molar-refractivity contribution in [2.75, 3.05) is 0 Å². The maximum Gasteiger partial charge on any atom is 0.116 e. The maximum absolute atomic E-state index is 5.99. The van der Waals surface area contributed by atoms with Gasteiger partial charge in [0.2, 0.25) is 0 Å². The number of rotatable bonds is 1. The maximum atomic E-state index is 5.99. The van der Waals surface area contributed by atoms with E-state index in [2.05, 4.69) is 9.97 Å². The zero-order chi connectivity index (χ0) is 9.80. The van der Waals surface area contributed by atoms with Crippen LogP contribution < -0.4 is 0 Å². The summed E-state index contributed by atoms with van der Waals surface area (Å²) in [5.74, 6) is 0. The lowest BCUT2D eigenvalue weighted by atomic mass is 10.1. The number of nitrogens with zero attached hydrogens (tertiary/aromatic N) is 2. The van der Waals surface area contributed by atoms with E-state index in [-0.39, 0.29) is 0 Å². The van der Waals surface area contributed by atoms with Gasteiger partial charge in [-0.1, -0.05) is 29.8 Å². The highest BCUT2D eigenvalue weighted by molar-refractivity contribution is 6.30. The molecule has 0 bridgehead atoms. The Morgan fingerprint density at radius 1 is 1.21 bits per heavy atom. The van der Waals surface area contributed by atoms with E-state index in [0.29, 0.717) is 0 Å². The van der Waals surface area contributed by atoms with Crippen LogP contribution in [0, 0.1) is 0 Å². The highest BCUT2D eigenvalue weighted by Crippen LogP contribution is 2.24. The van der Waals surface area contributed by atoms with Gasteiger partial charge in [-0.15, -0.1) is 0 Å². The van der Waals surface area contributed by atoms with Crippen molar-refractivity contribution in [3.63, 3.8) is 0 Å². The van der Waals surface area contributed by atoms with Crippen LogP contribution in [0.5, 0.6) is 0 Å². The topological polar surface area (TPSA) is 25.8 Å². The van der Waals surface area contributed by atoms with E-state index in [1.54, 1.807) is 12.5 Å². The van der Waals surface area contributed by atoms with Crippen LogP contribution in [0.3, 0.4) is 0 Å². The van der Waals surface area contributed by atoms with Crippen molar-refractivity contribution in [1.29, 1.82) is 0 Å². The van der Waals surface area contributed by atoms with Gasteiger partial charge in [-0.2, -0.15) is 0 Å². The van der Waals surface area contributed by atoms with E-state index >= 15 is 0 Å². The van der Waals surface area contributed by atoms with Crippen LogP contribution in [0.15, 0.2) is 47.9 Å². The van der Waals surface area contributed by atoms with Gasteiger partial charge in [0.05, 0.1) is 5.69 Å². The molecule has 0 fully saturated rings. The van der Waals surface area contributed by atoms with Crippen molar-refractivity contribution in [2.24, 2.45) is 0 Å². The summed E-state index contributed by atoms with van der Waals surface area (Å²) in [7, 11) is 0. The lowest BCUT2D eigenvalue weighted by Crippen LogP contribution is -1.89. The molecule has 0 N–H and O–H groups in total. The van der Waals surface area contributed by atoms with Crippen molar-refractivity contribution in [3.8, 4) is 0 Å². The number of allylic oxidation sites excluding steroid dienone is 6. The molecule has 2 nitrogen and oxygen atoms in total. The molecule has 0 amide bonds. The quantitative estimate of drug-likeness (QED) is 0.703. The third kappa shape index (κ3) is 2.09. The predicted octanol–water partition coefficient (Wildman–Crippen LogP) is 2.94. The van der Waals surface area contributed by atoms with E-state index in [0.717, 1.165) is 22.7 Å². The first kappa shape index (κ1) is 9.16. The molecule has 1 aliphatic carbocycles. The monoisotopic (exact) mass is 204 g/mol. The second-order valence-electron chi connectivity index (χ2n) is 2.96. The minimum atomic E-state index is 0.728. The molecule has 3 heteroatoms. The van der Waals surface area contributed by atoms with Gasteiger partial charge in [0.1, 0.15) is 6.33 Å². The summed E-state index contributed by atoms with van der Waals surface area (Å²) in [5.41, 5.74) is 2.04. The lowest BCUT2D eigenvalue weighted by molar-refractivity contribution is 1.13. The Kier molecular flexibility index (Phi) is 2.75. The third-order valence-corrected chi connectivity index (χ3v) is 2.22. The van der Waals surface area contributed by atoms with Gasteiger partial charge >= 0.3 is 0 Å². The van der Waals surface area contributed by atoms with Gasteiger partial charge in [-0.25, -0.2) is 9.97 Å². The molecule has 0 spiro atoms. The highest BCUT2D eigenvalue weighted by Gasteiger charge is 2.05. The molecule has 14 heavy (non-hydrogen) atoms. The molecule has 0 atom stereocenters. The predicted molar refractivity (Wildman–Crippen MR) is 57.7 cm³/mol. The van der Waals surface area contributed by atoms with E-state index in [9.17, 15) is 0 Å². The average molecular weight is 205 g/mol. The summed E-state index contributed by atoms with van der Waals surface area (Å²) >= 11 is 5.99. The minimum absolute atomic E-state index is 0.728. The van der Waals surface area contributed by atoms with E-state index < -0.39 is 0 Å². The smallest absolute Gasteiger partial charge is 0.116 e. The Morgan fingerprint density at radius 2 is 2.07 bits per heavy atom. The summed E-state index contributed by atoms with van der Waals surface area (Å²) in [5, 5.41) is 0.823. The summed E-state index contributed by atoms with van der Waals surface area (Å²) in [6.07, 6.45) is 11.8. The van der Waals surface area contributed by atoms with Gasteiger partial charge < -0.3 is 0 Å². The van der Waals surface area contributed by atoms with Crippen LogP contribution in [-0.4, -0.2) is 9.97 Å². The Labute approximate surface area is 87.7 Å². The molecular formula is C11H9ClN2. The number of aromatic nitrogens is 2. The van der Waals surface area contributed by atoms with Crippen LogP contribution >= 0.6 is 11.6 Å². The van der Waals surface area contributed by atoms with Crippen molar-refractivity contribution >= 4 is 17.2 Å². The SMILES string of the molecule is ClC1=CC=CC=C(c2ccncn2)C1. The Morgan fingerprint density at radius 3 is 2.86 bits per heavy atom. The van der Waals surface area contributed by atoms with Crippen molar-refractivity contribution in [2.45, 2.75) is 6.42 Å². The summed E-state index contributed by atoms with van der Waals surface area (Å²) < 4.78 is 0. The fourth-order valence-electron chi connectivity index (χ4n) is 1.29. The molecule has 0 unspecified atom stereocenters. The van der Waals surface area contributed by atoms with Crippen molar-refractivity contribution in [1.82, 2.24) is 9.97 Å². The molecule has 0 radical (unpaired) electrons. The Balaban J connectivity index is 2.32. The van der Waals surface area contributed by atoms with Gasteiger partial charge in [0.15, 0.2) is 0 Å². The van der Waals surface area contributed by atoms with Gasteiger partial charge in [-0.3, -0.25) is 0 Å². The van der Waals surface area contributed by atoms with Gasteiger partial charge in [0, 0.05) is 17.6 Å². The fraction of sp³-hybridized carbons (Fsp3) is 0.0909. The molecule has 0 saturated heterocycles. The zero-order valence-corrected chi connectivity index (χ0v) is 8.28. The van der Waals surface area contributed by atoms with E-state index in [1.807, 2.05) is 30.4 Å². The van der Waals surface area contributed by atoms with E-state index in [4.69, 9.17) is 11.6 Å². The molecular weight excluding hydrogens is 196 g/mol. The molecule has 0 aromatic carbocycles. The van der Waals surface area contributed by atoms with Crippen molar-refractivity contribution in [3.05, 3.63) is 53.6 Å². The molecule has 1 aromatic heterocycles. The zero-order valence-electron chi connectivity index (χ0n) is 7.52. The van der Waals surface area contributed by atoms with Crippen LogP contribution in [-0.2, 0) is 0 Å². The number of hydrogen-bond acceptors (Lipinski definition) is 2. The summed E-state index contributed by atoms with van der Waals surface area (Å²) in [6, 6.07) is 1.88. The molecule has 0 saturated carbocycles. The largest absolute Gasteiger partial charge is 0.245 e. The molecule has 2 rings (SSSR count). The molecule has 70 valence electrons. The Hall–Kier alpha value is -1.41. The molecule has 1 aliphatic rings. The number of halogens is 1. The first-order valence-electron chi connectivity index (χ1n) is 4.34. The first-order valence-corrected chi connectivity index (χ1v) is 4.72. The van der Waals surface area contributed by atoms with Crippen LogP contribution in [0.2, 0.25) is 0 Å². The minimum Gasteiger partial charge on any atom is -0.245 e. The average Bonchev–Trinajstić information content (AvgIpc) is 2.44. The van der Waals surface area contributed by atoms with Crippen LogP contribution in [0.1, 0.15) is 12.1 Å². The second kappa shape index (κ2) is 4.20.